The third-order valence-corrected chi connectivity index (χ3v) is 1.98. The van der Waals surface area contributed by atoms with Crippen molar-refractivity contribution < 1.29 is 0 Å². The molecule has 0 fully saturated rings. The van der Waals surface area contributed by atoms with Crippen molar-refractivity contribution in [2.45, 2.75) is 20.3 Å². The van der Waals surface area contributed by atoms with Gasteiger partial charge in [-0.15, -0.1) is 0 Å². The molecule has 2 N–H and O–H groups in total. The van der Waals surface area contributed by atoms with E-state index in [1.54, 1.807) is 0 Å². The lowest BCUT2D eigenvalue weighted by atomic mass is 9.80. The van der Waals surface area contributed by atoms with Crippen LogP contribution in [0.25, 0.3) is 0 Å². The molecule has 0 bridgehead atoms. The fourth-order valence-electron chi connectivity index (χ4n) is 1.38. The second-order valence-corrected chi connectivity index (χ2v) is 2.61. The van der Waals surface area contributed by atoms with Gasteiger partial charge in [0.05, 0.1) is 0 Å². The first kappa shape index (κ1) is 5.83. The highest BCUT2D eigenvalue weighted by Gasteiger charge is 2.19. The van der Waals surface area contributed by atoms with E-state index >= 15 is 0 Å². The second kappa shape index (κ2) is 1.90. The van der Waals surface area contributed by atoms with Crippen molar-refractivity contribution in [2.75, 3.05) is 6.54 Å². The van der Waals surface area contributed by atoms with Gasteiger partial charge in [-0.1, -0.05) is 18.1 Å². The summed E-state index contributed by atoms with van der Waals surface area (Å²) in [6, 6.07) is 0. The molecule has 0 aromatic rings. The van der Waals surface area contributed by atoms with Gasteiger partial charge in [0, 0.05) is 6.54 Å². The van der Waals surface area contributed by atoms with Crippen molar-refractivity contribution in [3.63, 3.8) is 0 Å². The molecule has 0 saturated carbocycles. The summed E-state index contributed by atoms with van der Waals surface area (Å²) in [6.45, 7) is 5.17. The van der Waals surface area contributed by atoms with E-state index in [-0.39, 0.29) is 0 Å². The Morgan fingerprint density at radius 1 is 1.75 bits per heavy atom. The van der Waals surface area contributed by atoms with Gasteiger partial charge in [-0.3, -0.25) is 0 Å². The van der Waals surface area contributed by atoms with Crippen LogP contribution < -0.4 is 5.73 Å². The molecule has 1 atom stereocenters. The highest BCUT2D eigenvalue weighted by Crippen LogP contribution is 2.32. The van der Waals surface area contributed by atoms with E-state index in [2.05, 4.69) is 13.8 Å². The molecule has 0 spiro atoms. The molecule has 0 saturated heterocycles. The zero-order valence-electron chi connectivity index (χ0n) is 5.57. The largest absolute Gasteiger partial charge is 0.327 e. The lowest BCUT2D eigenvalue weighted by Crippen LogP contribution is -2.20. The quantitative estimate of drug-likeness (QED) is 0.507. The Kier molecular flexibility index (Phi) is 1.39. The van der Waals surface area contributed by atoms with Crippen LogP contribution in [-0.4, -0.2) is 6.54 Å². The van der Waals surface area contributed by atoms with Crippen LogP contribution in [0.15, 0.2) is 11.1 Å². The van der Waals surface area contributed by atoms with E-state index in [1.165, 1.54) is 17.6 Å². The van der Waals surface area contributed by atoms with Crippen LogP contribution in [0, 0.1) is 5.92 Å². The Hall–Kier alpha value is -0.300. The van der Waals surface area contributed by atoms with Gasteiger partial charge >= 0.3 is 0 Å². The lowest BCUT2D eigenvalue weighted by molar-refractivity contribution is 0.570. The summed E-state index contributed by atoms with van der Waals surface area (Å²) >= 11 is 0. The third-order valence-electron chi connectivity index (χ3n) is 1.98. The minimum atomic E-state index is 0.771. The van der Waals surface area contributed by atoms with Gasteiger partial charge in [0.15, 0.2) is 0 Å². The number of hydrogen-bond acceptors (Lipinski definition) is 1. The van der Waals surface area contributed by atoms with Gasteiger partial charge in [0.2, 0.25) is 0 Å². The summed E-state index contributed by atoms with van der Waals surface area (Å²) in [4.78, 5) is 0. The van der Waals surface area contributed by atoms with Gasteiger partial charge in [0.25, 0.3) is 0 Å². The van der Waals surface area contributed by atoms with Crippen molar-refractivity contribution >= 4 is 0 Å². The molecule has 0 heterocycles. The standard InChI is InChI=1S/C7H13N/c1-5-3-6(2)7(5)4-8/h5H,3-4,8H2,1-2H3. The maximum absolute atomic E-state index is 5.46. The zero-order valence-corrected chi connectivity index (χ0v) is 5.57. The van der Waals surface area contributed by atoms with E-state index in [0.29, 0.717) is 0 Å². The van der Waals surface area contributed by atoms with Crippen LogP contribution in [0.1, 0.15) is 20.3 Å². The Bertz CT molecular complexity index is 124. The summed E-state index contributed by atoms with van der Waals surface area (Å²) in [5.41, 5.74) is 8.45. The fraction of sp³-hybridized carbons (Fsp3) is 0.714. The molecule has 0 amide bonds. The molecule has 1 unspecified atom stereocenters. The average molecular weight is 111 g/mol. The summed E-state index contributed by atoms with van der Waals surface area (Å²) in [7, 11) is 0. The molecule has 1 heteroatoms. The van der Waals surface area contributed by atoms with Crippen LogP contribution in [0.5, 0.6) is 0 Å². The number of hydrogen-bond donors (Lipinski definition) is 1. The Morgan fingerprint density at radius 3 is 2.50 bits per heavy atom. The van der Waals surface area contributed by atoms with Crippen molar-refractivity contribution in [1.82, 2.24) is 0 Å². The van der Waals surface area contributed by atoms with E-state index in [9.17, 15) is 0 Å². The molecule has 0 aromatic carbocycles. The third kappa shape index (κ3) is 0.671. The lowest BCUT2D eigenvalue weighted by Gasteiger charge is -2.27. The monoisotopic (exact) mass is 111 g/mol. The first-order valence-corrected chi connectivity index (χ1v) is 3.14. The molecular weight excluding hydrogens is 98.1 g/mol. The molecule has 1 nitrogen and oxygen atoms in total. The van der Waals surface area contributed by atoms with Crippen molar-refractivity contribution in [3.8, 4) is 0 Å². The van der Waals surface area contributed by atoms with Crippen LogP contribution in [0.2, 0.25) is 0 Å². The molecule has 0 radical (unpaired) electrons. The zero-order chi connectivity index (χ0) is 6.15. The molecule has 1 aliphatic carbocycles. The Morgan fingerprint density at radius 2 is 2.38 bits per heavy atom. The normalized spacial score (nSPS) is 28.1. The van der Waals surface area contributed by atoms with Crippen LogP contribution in [-0.2, 0) is 0 Å². The molecule has 0 aromatic heterocycles. The smallest absolute Gasteiger partial charge is 0.0142 e. The highest BCUT2D eigenvalue weighted by molar-refractivity contribution is 5.26. The predicted molar refractivity (Wildman–Crippen MR) is 35.5 cm³/mol. The predicted octanol–water partition coefficient (Wildman–Crippen LogP) is 1.30. The number of allylic oxidation sites excluding steroid dienone is 1. The summed E-state index contributed by atoms with van der Waals surface area (Å²) in [6.07, 6.45) is 1.27. The fourth-order valence-corrected chi connectivity index (χ4v) is 1.38. The molecular formula is C7H13N. The van der Waals surface area contributed by atoms with Gasteiger partial charge in [0.1, 0.15) is 0 Å². The van der Waals surface area contributed by atoms with Gasteiger partial charge in [-0.2, -0.15) is 0 Å². The summed E-state index contributed by atoms with van der Waals surface area (Å²) in [5, 5.41) is 0. The molecule has 1 rings (SSSR count). The van der Waals surface area contributed by atoms with Gasteiger partial charge in [-0.05, 0) is 19.3 Å². The van der Waals surface area contributed by atoms with E-state index < -0.39 is 0 Å². The SMILES string of the molecule is CC1=C(CN)C(C)C1. The average Bonchev–Trinajstić information content (AvgIpc) is 1.67. The Labute approximate surface area is 50.6 Å². The minimum absolute atomic E-state index is 0.771. The second-order valence-electron chi connectivity index (χ2n) is 2.61. The summed E-state index contributed by atoms with van der Waals surface area (Å²) < 4.78 is 0. The van der Waals surface area contributed by atoms with E-state index in [0.717, 1.165) is 12.5 Å². The number of rotatable bonds is 1. The van der Waals surface area contributed by atoms with Gasteiger partial charge < -0.3 is 5.73 Å². The first-order valence-electron chi connectivity index (χ1n) is 3.14. The molecule has 46 valence electrons. The maximum atomic E-state index is 5.46. The Balaban J connectivity index is 2.60. The van der Waals surface area contributed by atoms with Crippen molar-refractivity contribution in [2.24, 2.45) is 11.7 Å². The number of nitrogens with two attached hydrogens (primary N) is 1. The minimum Gasteiger partial charge on any atom is -0.327 e. The topological polar surface area (TPSA) is 26.0 Å². The molecule has 0 aliphatic heterocycles. The van der Waals surface area contributed by atoms with Crippen LogP contribution in [0.4, 0.5) is 0 Å². The van der Waals surface area contributed by atoms with Crippen molar-refractivity contribution in [3.05, 3.63) is 11.1 Å². The van der Waals surface area contributed by atoms with Crippen LogP contribution in [0.3, 0.4) is 0 Å². The van der Waals surface area contributed by atoms with Gasteiger partial charge in [-0.25, -0.2) is 0 Å². The maximum Gasteiger partial charge on any atom is 0.0142 e. The molecule has 8 heavy (non-hydrogen) atoms. The van der Waals surface area contributed by atoms with E-state index in [4.69, 9.17) is 5.73 Å². The van der Waals surface area contributed by atoms with Crippen LogP contribution >= 0.6 is 0 Å². The van der Waals surface area contributed by atoms with E-state index in [1.807, 2.05) is 0 Å². The van der Waals surface area contributed by atoms with Crippen molar-refractivity contribution in [1.29, 1.82) is 0 Å². The first-order chi connectivity index (χ1) is 3.75. The molecule has 1 aliphatic rings. The highest BCUT2D eigenvalue weighted by atomic mass is 14.6. The summed E-state index contributed by atoms with van der Waals surface area (Å²) in [5.74, 6) is 0.778.